The van der Waals surface area contributed by atoms with Gasteiger partial charge in [-0.2, -0.15) is 0 Å². The van der Waals surface area contributed by atoms with E-state index >= 15 is 0 Å². The molecule has 106 valence electrons. The number of amides is 1. The van der Waals surface area contributed by atoms with Gasteiger partial charge in [-0.3, -0.25) is 14.0 Å². The van der Waals surface area contributed by atoms with Crippen LogP contribution < -0.4 is 10.9 Å². The largest absolute Gasteiger partial charge is 0.322 e. The number of nitrogens with one attached hydrogen (secondary N) is 1. The van der Waals surface area contributed by atoms with Gasteiger partial charge in [-0.1, -0.05) is 0 Å². The highest BCUT2D eigenvalue weighted by molar-refractivity contribution is 7.15. The Morgan fingerprint density at radius 2 is 2.05 bits per heavy atom. The zero-order valence-electron chi connectivity index (χ0n) is 11.0. The number of carbonyl (C=O) groups excluding carboxylic acids is 1. The van der Waals surface area contributed by atoms with Gasteiger partial charge < -0.3 is 5.32 Å². The molecule has 2 aromatic heterocycles. The van der Waals surface area contributed by atoms with Crippen molar-refractivity contribution in [3.05, 3.63) is 63.3 Å². The van der Waals surface area contributed by atoms with E-state index in [2.05, 4.69) is 10.3 Å². The van der Waals surface area contributed by atoms with E-state index in [4.69, 9.17) is 0 Å². The van der Waals surface area contributed by atoms with Crippen LogP contribution in [0.25, 0.3) is 4.96 Å². The van der Waals surface area contributed by atoms with Crippen molar-refractivity contribution in [2.45, 2.75) is 6.92 Å². The van der Waals surface area contributed by atoms with Gasteiger partial charge >= 0.3 is 0 Å². The van der Waals surface area contributed by atoms with Gasteiger partial charge in [0.05, 0.1) is 0 Å². The topological polar surface area (TPSA) is 63.5 Å². The van der Waals surface area contributed by atoms with Gasteiger partial charge in [0.1, 0.15) is 11.4 Å². The minimum absolute atomic E-state index is 0.0571. The molecule has 7 heteroatoms. The molecule has 0 fully saturated rings. The van der Waals surface area contributed by atoms with Crippen LogP contribution in [0, 0.1) is 12.7 Å². The minimum atomic E-state index is -0.570. The standard InChI is InChI=1S/C14H10FN3O2S/c1-8-7-21-14-16-6-11(13(20)18(8)14)12(19)17-10-4-2-9(15)3-5-10/h2-7H,1H3,(H,17,19). The molecule has 3 aromatic rings. The fourth-order valence-electron chi connectivity index (χ4n) is 1.91. The molecule has 5 nitrogen and oxygen atoms in total. The summed E-state index contributed by atoms with van der Waals surface area (Å²) in [5, 5.41) is 4.34. The summed E-state index contributed by atoms with van der Waals surface area (Å²) in [5.41, 5.74) is 0.661. The number of carbonyl (C=O) groups is 1. The maximum atomic E-state index is 12.8. The van der Waals surface area contributed by atoms with E-state index in [-0.39, 0.29) is 5.56 Å². The number of nitrogens with zero attached hydrogens (tertiary/aromatic N) is 2. The van der Waals surface area contributed by atoms with E-state index in [1.54, 1.807) is 12.3 Å². The Balaban J connectivity index is 1.98. The zero-order valence-corrected chi connectivity index (χ0v) is 11.8. The van der Waals surface area contributed by atoms with Gasteiger partial charge in [-0.15, -0.1) is 11.3 Å². The Morgan fingerprint density at radius 3 is 2.76 bits per heavy atom. The Morgan fingerprint density at radius 1 is 1.33 bits per heavy atom. The van der Waals surface area contributed by atoms with Crippen molar-refractivity contribution in [3.63, 3.8) is 0 Å². The fourth-order valence-corrected chi connectivity index (χ4v) is 2.74. The summed E-state index contributed by atoms with van der Waals surface area (Å²) in [6.07, 6.45) is 1.26. The molecule has 1 aromatic carbocycles. The van der Waals surface area contributed by atoms with E-state index in [0.29, 0.717) is 10.6 Å². The average molecular weight is 303 g/mol. The van der Waals surface area contributed by atoms with Crippen molar-refractivity contribution in [2.75, 3.05) is 5.32 Å². The number of thiazole rings is 1. The number of hydrogen-bond donors (Lipinski definition) is 1. The SMILES string of the molecule is Cc1csc2ncc(C(=O)Nc3ccc(F)cc3)c(=O)n12. The third-order valence-corrected chi connectivity index (χ3v) is 3.92. The number of rotatable bonds is 2. The summed E-state index contributed by atoms with van der Waals surface area (Å²) >= 11 is 1.33. The highest BCUT2D eigenvalue weighted by atomic mass is 32.1. The second-order valence-electron chi connectivity index (χ2n) is 4.43. The maximum Gasteiger partial charge on any atom is 0.271 e. The van der Waals surface area contributed by atoms with Crippen LogP contribution in [0.3, 0.4) is 0 Å². The van der Waals surface area contributed by atoms with E-state index in [9.17, 15) is 14.0 Å². The van der Waals surface area contributed by atoms with Gasteiger partial charge in [0.25, 0.3) is 11.5 Å². The first-order valence-corrected chi connectivity index (χ1v) is 6.97. The summed E-state index contributed by atoms with van der Waals surface area (Å²) in [4.78, 5) is 29.1. The summed E-state index contributed by atoms with van der Waals surface area (Å²) < 4.78 is 14.2. The molecule has 0 bridgehead atoms. The first kappa shape index (κ1) is 13.4. The first-order chi connectivity index (χ1) is 10.1. The highest BCUT2D eigenvalue weighted by Crippen LogP contribution is 2.12. The molecule has 0 radical (unpaired) electrons. The molecule has 0 aliphatic rings. The number of hydrogen-bond acceptors (Lipinski definition) is 4. The summed E-state index contributed by atoms with van der Waals surface area (Å²) in [6.45, 7) is 1.77. The maximum absolute atomic E-state index is 12.8. The van der Waals surface area contributed by atoms with Crippen molar-refractivity contribution < 1.29 is 9.18 Å². The molecule has 0 aliphatic carbocycles. The van der Waals surface area contributed by atoms with Crippen molar-refractivity contribution in [3.8, 4) is 0 Å². The third kappa shape index (κ3) is 2.43. The molecule has 21 heavy (non-hydrogen) atoms. The van der Waals surface area contributed by atoms with E-state index in [1.807, 2.05) is 0 Å². The number of fused-ring (bicyclic) bond motifs is 1. The van der Waals surface area contributed by atoms with Gasteiger partial charge in [0, 0.05) is 23.0 Å². The molecule has 3 rings (SSSR count). The number of halogens is 1. The molecular formula is C14H10FN3O2S. The molecule has 0 aliphatic heterocycles. The molecule has 1 N–H and O–H groups in total. The molecule has 0 saturated carbocycles. The average Bonchev–Trinajstić information content (AvgIpc) is 2.84. The third-order valence-electron chi connectivity index (χ3n) is 2.96. The predicted octanol–water partition coefficient (Wildman–Crippen LogP) is 2.46. The molecule has 1 amide bonds. The number of aryl methyl sites for hydroxylation is 1. The van der Waals surface area contributed by atoms with E-state index in [0.717, 1.165) is 5.69 Å². The van der Waals surface area contributed by atoms with Crippen molar-refractivity contribution >= 4 is 27.9 Å². The van der Waals surface area contributed by atoms with Crippen LogP contribution in [0.1, 0.15) is 16.1 Å². The van der Waals surface area contributed by atoms with Crippen LogP contribution in [0.15, 0.2) is 40.6 Å². The lowest BCUT2D eigenvalue weighted by atomic mass is 10.2. The van der Waals surface area contributed by atoms with Crippen LogP contribution >= 0.6 is 11.3 Å². The summed E-state index contributed by atoms with van der Waals surface area (Å²) in [5.74, 6) is -0.968. The van der Waals surface area contributed by atoms with Crippen LogP contribution in [0.2, 0.25) is 0 Å². The Bertz CT molecular complexity index is 883. The molecule has 0 spiro atoms. The Kier molecular flexibility index (Phi) is 3.26. The van der Waals surface area contributed by atoms with Crippen molar-refractivity contribution in [1.29, 1.82) is 0 Å². The lowest BCUT2D eigenvalue weighted by Gasteiger charge is -2.05. The van der Waals surface area contributed by atoms with E-state index < -0.39 is 17.3 Å². The van der Waals surface area contributed by atoms with Crippen LogP contribution in [0.4, 0.5) is 10.1 Å². The smallest absolute Gasteiger partial charge is 0.271 e. The normalized spacial score (nSPS) is 10.8. The Hall–Kier alpha value is -2.54. The van der Waals surface area contributed by atoms with Gasteiger partial charge in [0.15, 0.2) is 4.96 Å². The lowest BCUT2D eigenvalue weighted by Crippen LogP contribution is -2.26. The zero-order chi connectivity index (χ0) is 15.0. The van der Waals surface area contributed by atoms with Crippen LogP contribution in [-0.4, -0.2) is 15.3 Å². The molecule has 0 saturated heterocycles. The van der Waals surface area contributed by atoms with Crippen LogP contribution in [0.5, 0.6) is 0 Å². The lowest BCUT2D eigenvalue weighted by molar-refractivity contribution is 0.102. The molecular weight excluding hydrogens is 293 g/mol. The van der Waals surface area contributed by atoms with Crippen molar-refractivity contribution in [2.24, 2.45) is 0 Å². The second kappa shape index (κ2) is 5.10. The fraction of sp³-hybridized carbons (Fsp3) is 0.0714. The summed E-state index contributed by atoms with van der Waals surface area (Å²) in [7, 11) is 0. The second-order valence-corrected chi connectivity index (χ2v) is 5.27. The van der Waals surface area contributed by atoms with Crippen LogP contribution in [-0.2, 0) is 0 Å². The number of anilines is 1. The van der Waals surface area contributed by atoms with E-state index in [1.165, 1.54) is 46.2 Å². The molecule has 0 unspecified atom stereocenters. The minimum Gasteiger partial charge on any atom is -0.322 e. The quantitative estimate of drug-likeness (QED) is 0.791. The number of aromatic nitrogens is 2. The summed E-state index contributed by atoms with van der Waals surface area (Å²) in [6, 6.07) is 5.30. The number of benzene rings is 1. The van der Waals surface area contributed by atoms with Crippen molar-refractivity contribution in [1.82, 2.24) is 9.38 Å². The van der Waals surface area contributed by atoms with Gasteiger partial charge in [-0.05, 0) is 31.2 Å². The first-order valence-electron chi connectivity index (χ1n) is 6.09. The predicted molar refractivity (Wildman–Crippen MR) is 78.4 cm³/mol. The Labute approximate surface area is 122 Å². The van der Waals surface area contributed by atoms with Gasteiger partial charge in [-0.25, -0.2) is 9.37 Å². The molecule has 0 atom stereocenters. The molecule has 2 heterocycles. The van der Waals surface area contributed by atoms with Gasteiger partial charge in [0.2, 0.25) is 0 Å². The highest BCUT2D eigenvalue weighted by Gasteiger charge is 2.15. The monoisotopic (exact) mass is 303 g/mol.